The summed E-state index contributed by atoms with van der Waals surface area (Å²) >= 11 is 11.7. The number of halogens is 2. The van der Waals surface area contributed by atoms with E-state index in [4.69, 9.17) is 34.9 Å². The molecule has 4 nitrogen and oxygen atoms in total. The molecule has 0 aliphatic carbocycles. The molecule has 0 bridgehead atoms. The zero-order valence-electron chi connectivity index (χ0n) is 10.4. The van der Waals surface area contributed by atoms with Gasteiger partial charge >= 0.3 is 0 Å². The van der Waals surface area contributed by atoms with Gasteiger partial charge in [-0.05, 0) is 24.3 Å². The maximum atomic E-state index is 5.87. The van der Waals surface area contributed by atoms with Gasteiger partial charge in [-0.1, -0.05) is 47.5 Å². The van der Waals surface area contributed by atoms with Crippen LogP contribution < -0.4 is 11.7 Å². The van der Waals surface area contributed by atoms with E-state index in [-0.39, 0.29) is 0 Å². The molecule has 6 heteroatoms. The Kier molecular flexibility index (Phi) is 4.61. The summed E-state index contributed by atoms with van der Waals surface area (Å²) in [6.07, 6.45) is 0. The molecule has 4 N–H and O–H groups in total. The van der Waals surface area contributed by atoms with Crippen LogP contribution in [0.25, 0.3) is 0 Å². The Morgan fingerprint density at radius 2 is 0.950 bits per heavy atom. The average Bonchev–Trinajstić information content (AvgIpc) is 2.47. The lowest BCUT2D eigenvalue weighted by atomic mass is 10.00. The van der Waals surface area contributed by atoms with E-state index in [1.54, 1.807) is 48.5 Å². The van der Waals surface area contributed by atoms with Gasteiger partial charge in [0.2, 0.25) is 0 Å². The summed E-state index contributed by atoms with van der Waals surface area (Å²) in [6, 6.07) is 14.2. The number of benzene rings is 2. The van der Waals surface area contributed by atoms with E-state index in [2.05, 4.69) is 10.2 Å². The molecule has 0 saturated heterocycles. The first-order valence-electron chi connectivity index (χ1n) is 5.73. The van der Waals surface area contributed by atoms with Gasteiger partial charge < -0.3 is 11.7 Å². The van der Waals surface area contributed by atoms with Gasteiger partial charge in [0.25, 0.3) is 0 Å². The maximum absolute atomic E-state index is 5.87. The molecule has 0 aromatic heterocycles. The lowest BCUT2D eigenvalue weighted by molar-refractivity contribution is 1.23. The van der Waals surface area contributed by atoms with E-state index in [0.29, 0.717) is 21.5 Å². The molecule has 0 aliphatic rings. The first-order chi connectivity index (χ1) is 9.65. The summed E-state index contributed by atoms with van der Waals surface area (Å²) in [5.41, 5.74) is 2.50. The second-order valence-electron chi connectivity index (χ2n) is 3.97. The highest BCUT2D eigenvalue weighted by Gasteiger charge is 2.14. The zero-order valence-corrected chi connectivity index (χ0v) is 11.9. The van der Waals surface area contributed by atoms with Crippen molar-refractivity contribution < 1.29 is 0 Å². The SMILES string of the molecule is N/N=C(/C(=N/N)c1ccc(Cl)cc1)c1ccc(Cl)cc1. The lowest BCUT2D eigenvalue weighted by Crippen LogP contribution is -2.20. The number of hydrogen-bond donors (Lipinski definition) is 2. The molecule has 0 saturated carbocycles. The Morgan fingerprint density at radius 1 is 0.650 bits per heavy atom. The molecule has 20 heavy (non-hydrogen) atoms. The van der Waals surface area contributed by atoms with E-state index >= 15 is 0 Å². The van der Waals surface area contributed by atoms with Gasteiger partial charge in [-0.25, -0.2) is 0 Å². The Balaban J connectivity index is 2.44. The van der Waals surface area contributed by atoms with E-state index in [1.165, 1.54) is 0 Å². The average molecular weight is 307 g/mol. The molecular formula is C14H12Cl2N4. The third kappa shape index (κ3) is 3.10. The topological polar surface area (TPSA) is 76.8 Å². The quantitative estimate of drug-likeness (QED) is 0.519. The van der Waals surface area contributed by atoms with Gasteiger partial charge in [0, 0.05) is 21.2 Å². The van der Waals surface area contributed by atoms with Gasteiger partial charge in [0.1, 0.15) is 11.4 Å². The normalized spacial score (nSPS) is 12.5. The Labute approximate surface area is 126 Å². The van der Waals surface area contributed by atoms with Crippen molar-refractivity contribution in [3.05, 3.63) is 69.7 Å². The van der Waals surface area contributed by atoms with Crippen LogP contribution in [0.2, 0.25) is 10.0 Å². The molecule has 0 amide bonds. The fourth-order valence-corrected chi connectivity index (χ4v) is 2.01. The molecule has 0 heterocycles. The summed E-state index contributed by atoms with van der Waals surface area (Å²) in [7, 11) is 0. The van der Waals surface area contributed by atoms with E-state index in [9.17, 15) is 0 Å². The molecule has 0 fully saturated rings. The Morgan fingerprint density at radius 3 is 1.20 bits per heavy atom. The molecule has 2 aromatic carbocycles. The van der Waals surface area contributed by atoms with Crippen LogP contribution in [-0.4, -0.2) is 11.4 Å². The van der Waals surface area contributed by atoms with E-state index in [0.717, 1.165) is 11.1 Å². The number of rotatable bonds is 3. The first kappa shape index (κ1) is 14.4. The Hall–Kier alpha value is -2.04. The third-order valence-electron chi connectivity index (χ3n) is 2.72. The fourth-order valence-electron chi connectivity index (χ4n) is 1.76. The molecule has 2 rings (SSSR count). The number of nitrogens with two attached hydrogens (primary N) is 2. The smallest absolute Gasteiger partial charge is 0.118 e. The summed E-state index contributed by atoms with van der Waals surface area (Å²) in [5.74, 6) is 11.0. The van der Waals surface area contributed by atoms with E-state index < -0.39 is 0 Å². The lowest BCUT2D eigenvalue weighted by Gasteiger charge is -2.09. The van der Waals surface area contributed by atoms with Gasteiger partial charge in [-0.2, -0.15) is 10.2 Å². The third-order valence-corrected chi connectivity index (χ3v) is 3.22. The van der Waals surface area contributed by atoms with Crippen molar-refractivity contribution in [2.75, 3.05) is 0 Å². The molecular weight excluding hydrogens is 295 g/mol. The molecule has 2 aromatic rings. The monoisotopic (exact) mass is 306 g/mol. The maximum Gasteiger partial charge on any atom is 0.118 e. The van der Waals surface area contributed by atoms with Gasteiger partial charge in [-0.15, -0.1) is 0 Å². The van der Waals surface area contributed by atoms with Crippen LogP contribution >= 0.6 is 23.2 Å². The van der Waals surface area contributed by atoms with Crippen molar-refractivity contribution in [2.45, 2.75) is 0 Å². The summed E-state index contributed by atoms with van der Waals surface area (Å²) < 4.78 is 0. The fraction of sp³-hybridized carbons (Fsp3) is 0. The van der Waals surface area contributed by atoms with Crippen LogP contribution in [0.1, 0.15) is 11.1 Å². The predicted octanol–water partition coefficient (Wildman–Crippen LogP) is 3.02. The van der Waals surface area contributed by atoms with Crippen molar-refractivity contribution in [2.24, 2.45) is 21.9 Å². The van der Waals surface area contributed by atoms with Crippen molar-refractivity contribution in [3.63, 3.8) is 0 Å². The highest BCUT2D eigenvalue weighted by molar-refractivity contribution is 6.53. The largest absolute Gasteiger partial charge is 0.323 e. The minimum Gasteiger partial charge on any atom is -0.323 e. The van der Waals surface area contributed by atoms with Gasteiger partial charge in [0.15, 0.2) is 0 Å². The molecule has 0 unspecified atom stereocenters. The second-order valence-corrected chi connectivity index (χ2v) is 4.84. The highest BCUT2D eigenvalue weighted by Crippen LogP contribution is 2.15. The van der Waals surface area contributed by atoms with Crippen molar-refractivity contribution in [1.82, 2.24) is 0 Å². The van der Waals surface area contributed by atoms with Gasteiger partial charge in [0.05, 0.1) is 0 Å². The predicted molar refractivity (Wildman–Crippen MR) is 84.4 cm³/mol. The first-order valence-corrected chi connectivity index (χ1v) is 6.49. The Bertz CT molecular complexity index is 586. The van der Waals surface area contributed by atoms with Gasteiger partial charge in [-0.3, -0.25) is 0 Å². The van der Waals surface area contributed by atoms with Crippen molar-refractivity contribution in [3.8, 4) is 0 Å². The van der Waals surface area contributed by atoms with Crippen LogP contribution in [0, 0.1) is 0 Å². The number of hydrazone groups is 2. The summed E-state index contributed by atoms with van der Waals surface area (Å²) in [4.78, 5) is 0. The number of hydrogen-bond acceptors (Lipinski definition) is 4. The van der Waals surface area contributed by atoms with Crippen LogP contribution in [-0.2, 0) is 0 Å². The summed E-state index contributed by atoms with van der Waals surface area (Å²) in [5, 5.41) is 8.83. The highest BCUT2D eigenvalue weighted by atomic mass is 35.5. The van der Waals surface area contributed by atoms with Crippen molar-refractivity contribution in [1.29, 1.82) is 0 Å². The van der Waals surface area contributed by atoms with Crippen LogP contribution in [0.15, 0.2) is 58.7 Å². The molecule has 0 radical (unpaired) electrons. The number of nitrogens with zero attached hydrogens (tertiary/aromatic N) is 2. The molecule has 0 spiro atoms. The molecule has 102 valence electrons. The van der Waals surface area contributed by atoms with Crippen LogP contribution in [0.4, 0.5) is 0 Å². The molecule has 0 aliphatic heterocycles. The van der Waals surface area contributed by atoms with Crippen molar-refractivity contribution >= 4 is 34.6 Å². The van der Waals surface area contributed by atoms with E-state index in [1.807, 2.05) is 0 Å². The zero-order chi connectivity index (χ0) is 14.5. The summed E-state index contributed by atoms with van der Waals surface area (Å²) in [6.45, 7) is 0. The van der Waals surface area contributed by atoms with Crippen LogP contribution in [0.5, 0.6) is 0 Å². The van der Waals surface area contributed by atoms with Crippen LogP contribution in [0.3, 0.4) is 0 Å². The minimum absolute atomic E-state index is 0.478. The standard InChI is InChI=1S/C14H12Cl2N4/c15-11-5-1-9(2-6-11)13(19-17)14(20-18)10-3-7-12(16)8-4-10/h1-8H,17-18H2/b19-13+,20-14+. The molecule has 0 atom stereocenters. The second kappa shape index (κ2) is 6.41. The minimum atomic E-state index is 0.478.